The predicted molar refractivity (Wildman–Crippen MR) is 64.7 cm³/mol. The molecule has 0 heterocycles. The summed E-state index contributed by atoms with van der Waals surface area (Å²) in [6.45, 7) is 2.04. The summed E-state index contributed by atoms with van der Waals surface area (Å²) in [6.07, 6.45) is 0.866. The zero-order chi connectivity index (χ0) is 11.8. The molecule has 3 nitrogen and oxygen atoms in total. The maximum atomic E-state index is 11.3. The van der Waals surface area contributed by atoms with E-state index in [2.05, 4.69) is 0 Å². The SMILES string of the molecule is CCc1cccc2ccc(S(N)(=O)=O)cc12. The van der Waals surface area contributed by atoms with Crippen molar-refractivity contribution in [2.45, 2.75) is 18.2 Å². The normalized spacial score (nSPS) is 11.9. The van der Waals surface area contributed by atoms with Crippen molar-refractivity contribution in [2.75, 3.05) is 0 Å². The summed E-state index contributed by atoms with van der Waals surface area (Å²) in [5.41, 5.74) is 1.13. The van der Waals surface area contributed by atoms with E-state index in [1.165, 1.54) is 6.07 Å². The Hall–Kier alpha value is -1.39. The lowest BCUT2D eigenvalue weighted by atomic mass is 10.0. The van der Waals surface area contributed by atoms with Gasteiger partial charge in [0.25, 0.3) is 0 Å². The van der Waals surface area contributed by atoms with Crippen LogP contribution in [0.5, 0.6) is 0 Å². The highest BCUT2D eigenvalue weighted by Gasteiger charge is 2.09. The molecule has 0 saturated carbocycles. The molecule has 0 aliphatic rings. The van der Waals surface area contributed by atoms with Crippen molar-refractivity contribution >= 4 is 20.8 Å². The van der Waals surface area contributed by atoms with Crippen LogP contribution < -0.4 is 5.14 Å². The number of primary sulfonamides is 1. The molecule has 0 aliphatic heterocycles. The number of sulfonamides is 1. The molecular formula is C12H13NO2S. The molecule has 2 aromatic rings. The van der Waals surface area contributed by atoms with Gasteiger partial charge in [-0.15, -0.1) is 0 Å². The van der Waals surface area contributed by atoms with Crippen LogP contribution in [-0.4, -0.2) is 8.42 Å². The van der Waals surface area contributed by atoms with E-state index < -0.39 is 10.0 Å². The Kier molecular flexibility index (Phi) is 2.69. The van der Waals surface area contributed by atoms with Crippen LogP contribution in [0.25, 0.3) is 10.8 Å². The van der Waals surface area contributed by atoms with E-state index in [1.54, 1.807) is 12.1 Å². The number of aryl methyl sites for hydroxylation is 1. The summed E-state index contributed by atoms with van der Waals surface area (Å²) in [5, 5.41) is 7.10. The van der Waals surface area contributed by atoms with E-state index in [1.807, 2.05) is 25.1 Å². The van der Waals surface area contributed by atoms with E-state index in [0.717, 1.165) is 22.8 Å². The molecule has 0 amide bonds. The Morgan fingerprint density at radius 2 is 1.94 bits per heavy atom. The van der Waals surface area contributed by atoms with Crippen molar-refractivity contribution in [3.63, 3.8) is 0 Å². The molecule has 0 radical (unpaired) electrons. The fourth-order valence-corrected chi connectivity index (χ4v) is 2.34. The summed E-state index contributed by atoms with van der Waals surface area (Å²) in [7, 11) is -3.62. The van der Waals surface area contributed by atoms with Crippen LogP contribution in [0.1, 0.15) is 12.5 Å². The molecule has 0 saturated heterocycles. The van der Waals surface area contributed by atoms with Crippen molar-refractivity contribution in [1.29, 1.82) is 0 Å². The van der Waals surface area contributed by atoms with Crippen LogP contribution in [0.3, 0.4) is 0 Å². The smallest absolute Gasteiger partial charge is 0.225 e. The highest BCUT2D eigenvalue weighted by molar-refractivity contribution is 7.89. The summed E-state index contributed by atoms with van der Waals surface area (Å²) in [6, 6.07) is 10.9. The summed E-state index contributed by atoms with van der Waals surface area (Å²) in [5.74, 6) is 0. The number of hydrogen-bond donors (Lipinski definition) is 1. The largest absolute Gasteiger partial charge is 0.238 e. The Morgan fingerprint density at radius 1 is 1.19 bits per heavy atom. The standard InChI is InChI=1S/C12H13NO2S/c1-2-9-4-3-5-10-6-7-11(8-12(9)10)16(13,14)15/h3-8H,2H2,1H3,(H2,13,14,15). The van der Waals surface area contributed by atoms with Gasteiger partial charge in [-0.1, -0.05) is 31.2 Å². The Morgan fingerprint density at radius 3 is 2.56 bits per heavy atom. The van der Waals surface area contributed by atoms with Gasteiger partial charge in [-0.05, 0) is 34.9 Å². The molecule has 0 aromatic heterocycles. The van der Waals surface area contributed by atoms with Gasteiger partial charge in [-0.3, -0.25) is 0 Å². The first kappa shape index (κ1) is 11.1. The van der Waals surface area contributed by atoms with E-state index in [4.69, 9.17) is 5.14 Å². The highest BCUT2D eigenvalue weighted by Crippen LogP contribution is 2.22. The molecular weight excluding hydrogens is 222 g/mol. The van der Waals surface area contributed by atoms with E-state index >= 15 is 0 Å². The topological polar surface area (TPSA) is 60.2 Å². The molecule has 2 N–H and O–H groups in total. The van der Waals surface area contributed by atoms with Crippen LogP contribution in [-0.2, 0) is 16.4 Å². The van der Waals surface area contributed by atoms with E-state index in [9.17, 15) is 8.42 Å². The Balaban J connectivity index is 2.78. The molecule has 16 heavy (non-hydrogen) atoms. The fourth-order valence-electron chi connectivity index (χ4n) is 1.80. The number of benzene rings is 2. The van der Waals surface area contributed by atoms with E-state index in [0.29, 0.717) is 0 Å². The van der Waals surface area contributed by atoms with Crippen molar-refractivity contribution in [3.05, 3.63) is 42.0 Å². The maximum absolute atomic E-state index is 11.3. The van der Waals surface area contributed by atoms with Crippen molar-refractivity contribution < 1.29 is 8.42 Å². The van der Waals surface area contributed by atoms with Crippen molar-refractivity contribution in [2.24, 2.45) is 5.14 Å². The second-order valence-corrected chi connectivity index (χ2v) is 5.26. The Bertz CT molecular complexity index is 633. The number of nitrogens with two attached hydrogens (primary N) is 1. The first-order valence-electron chi connectivity index (χ1n) is 5.07. The third-order valence-electron chi connectivity index (χ3n) is 2.65. The number of hydrogen-bond acceptors (Lipinski definition) is 2. The van der Waals surface area contributed by atoms with Gasteiger partial charge in [0.2, 0.25) is 10.0 Å². The fraction of sp³-hybridized carbons (Fsp3) is 0.167. The lowest BCUT2D eigenvalue weighted by molar-refractivity contribution is 0.598. The van der Waals surface area contributed by atoms with Crippen LogP contribution >= 0.6 is 0 Å². The number of fused-ring (bicyclic) bond motifs is 1. The minimum atomic E-state index is -3.62. The van der Waals surface area contributed by atoms with Crippen molar-refractivity contribution in [3.8, 4) is 0 Å². The van der Waals surface area contributed by atoms with Crippen LogP contribution in [0.2, 0.25) is 0 Å². The molecule has 2 rings (SSSR count). The van der Waals surface area contributed by atoms with E-state index in [-0.39, 0.29) is 4.90 Å². The third-order valence-corrected chi connectivity index (χ3v) is 3.56. The van der Waals surface area contributed by atoms with Crippen LogP contribution in [0.4, 0.5) is 0 Å². The number of rotatable bonds is 2. The second kappa shape index (κ2) is 3.88. The molecule has 0 spiro atoms. The quantitative estimate of drug-likeness (QED) is 0.866. The zero-order valence-electron chi connectivity index (χ0n) is 8.97. The predicted octanol–water partition coefficient (Wildman–Crippen LogP) is 2.05. The van der Waals surface area contributed by atoms with Gasteiger partial charge in [0, 0.05) is 0 Å². The molecule has 0 fully saturated rings. The van der Waals surface area contributed by atoms with Gasteiger partial charge in [0.15, 0.2) is 0 Å². The van der Waals surface area contributed by atoms with Crippen LogP contribution in [0, 0.1) is 0 Å². The third kappa shape index (κ3) is 1.94. The van der Waals surface area contributed by atoms with Crippen LogP contribution in [0.15, 0.2) is 41.3 Å². The van der Waals surface area contributed by atoms with Gasteiger partial charge < -0.3 is 0 Å². The van der Waals surface area contributed by atoms with Gasteiger partial charge >= 0.3 is 0 Å². The summed E-state index contributed by atoms with van der Waals surface area (Å²) in [4.78, 5) is 0.168. The monoisotopic (exact) mass is 235 g/mol. The average Bonchev–Trinajstić information content (AvgIpc) is 2.26. The minimum Gasteiger partial charge on any atom is -0.225 e. The zero-order valence-corrected chi connectivity index (χ0v) is 9.79. The first-order chi connectivity index (χ1) is 7.52. The molecule has 0 bridgehead atoms. The van der Waals surface area contributed by atoms with Gasteiger partial charge in [-0.2, -0.15) is 0 Å². The Labute approximate surface area is 94.9 Å². The van der Waals surface area contributed by atoms with Gasteiger partial charge in [-0.25, -0.2) is 13.6 Å². The molecule has 0 aliphatic carbocycles. The van der Waals surface area contributed by atoms with Gasteiger partial charge in [0.05, 0.1) is 4.90 Å². The lowest BCUT2D eigenvalue weighted by Crippen LogP contribution is -2.11. The van der Waals surface area contributed by atoms with Crippen molar-refractivity contribution in [1.82, 2.24) is 0 Å². The van der Waals surface area contributed by atoms with Gasteiger partial charge in [0.1, 0.15) is 0 Å². The molecule has 0 atom stereocenters. The maximum Gasteiger partial charge on any atom is 0.238 e. The molecule has 4 heteroatoms. The summed E-state index contributed by atoms with van der Waals surface area (Å²) < 4.78 is 22.5. The lowest BCUT2D eigenvalue weighted by Gasteiger charge is -2.05. The highest BCUT2D eigenvalue weighted by atomic mass is 32.2. The average molecular weight is 235 g/mol. The second-order valence-electron chi connectivity index (χ2n) is 3.70. The molecule has 2 aromatic carbocycles. The minimum absolute atomic E-state index is 0.168. The molecule has 84 valence electrons. The first-order valence-corrected chi connectivity index (χ1v) is 6.61. The molecule has 0 unspecified atom stereocenters. The summed E-state index contributed by atoms with van der Waals surface area (Å²) >= 11 is 0.